The highest BCUT2D eigenvalue weighted by molar-refractivity contribution is 5.91. The lowest BCUT2D eigenvalue weighted by Crippen LogP contribution is -2.60. The number of aromatic amines is 1. The maximum absolute atomic E-state index is 14.1. The molecule has 0 aliphatic carbocycles. The summed E-state index contributed by atoms with van der Waals surface area (Å²) >= 11 is 0. The fraction of sp³-hybridized carbons (Fsp3) is 0.348. The maximum atomic E-state index is 14.1. The summed E-state index contributed by atoms with van der Waals surface area (Å²) in [6.07, 6.45) is -9.01. The van der Waals surface area contributed by atoms with Crippen LogP contribution in [0, 0.1) is 0 Å². The molecular weight excluding hydrogens is 441 g/mol. The van der Waals surface area contributed by atoms with Crippen molar-refractivity contribution in [1.82, 2.24) is 4.98 Å². The Labute approximate surface area is 186 Å². The quantitative estimate of drug-likeness (QED) is 0.405. The van der Waals surface area contributed by atoms with Crippen LogP contribution in [0.2, 0.25) is 0 Å². The third-order valence-electron chi connectivity index (χ3n) is 5.87. The number of H-pyrrole nitrogens is 1. The van der Waals surface area contributed by atoms with Crippen LogP contribution in [0.5, 0.6) is 0 Å². The fourth-order valence-electron chi connectivity index (χ4n) is 4.26. The number of fused-ring (bicyclic) bond motifs is 1. The molecule has 0 spiro atoms. The van der Waals surface area contributed by atoms with E-state index in [1.165, 1.54) is 30.3 Å². The van der Waals surface area contributed by atoms with Crippen molar-refractivity contribution >= 4 is 16.6 Å². The van der Waals surface area contributed by atoms with Gasteiger partial charge in [-0.1, -0.05) is 36.4 Å². The smallest absolute Gasteiger partial charge is 0.394 e. The molecule has 33 heavy (non-hydrogen) atoms. The molecule has 0 bridgehead atoms. The summed E-state index contributed by atoms with van der Waals surface area (Å²) in [5.74, 6) is 0. The van der Waals surface area contributed by atoms with E-state index in [2.05, 4.69) is 10.3 Å². The van der Waals surface area contributed by atoms with Crippen LogP contribution in [0.1, 0.15) is 12.5 Å². The molecule has 5 unspecified atom stereocenters. The molecule has 4 rings (SSSR count). The van der Waals surface area contributed by atoms with Crippen molar-refractivity contribution in [3.05, 3.63) is 64.4 Å². The summed E-state index contributed by atoms with van der Waals surface area (Å²) < 4.78 is 47.7. The van der Waals surface area contributed by atoms with Gasteiger partial charge in [-0.3, -0.25) is 4.79 Å². The molecule has 2 heterocycles. The second kappa shape index (κ2) is 8.79. The molecule has 2 aromatic carbocycles. The standard InChI is InChI=1S/C23H23F3N2O5/c1-11-19(21(31)20(30)16(10-29)33-11)27-13-7-8-14-15(9-13)28-22(32)17(18(14)23(24,25)26)12-5-3-2-4-6-12/h2-9,11,16,19-21,27,29-31H,10H2,1H3,(H,28,32). The van der Waals surface area contributed by atoms with Gasteiger partial charge >= 0.3 is 6.18 Å². The van der Waals surface area contributed by atoms with Crippen LogP contribution in [0.15, 0.2) is 53.3 Å². The number of ether oxygens (including phenoxy) is 1. The van der Waals surface area contributed by atoms with E-state index in [1.54, 1.807) is 25.1 Å². The minimum Gasteiger partial charge on any atom is -0.394 e. The van der Waals surface area contributed by atoms with Crippen molar-refractivity contribution in [3.8, 4) is 11.1 Å². The number of rotatable bonds is 4. The van der Waals surface area contributed by atoms with Crippen LogP contribution >= 0.6 is 0 Å². The molecule has 176 valence electrons. The van der Waals surface area contributed by atoms with E-state index in [1.807, 2.05) is 0 Å². The molecule has 3 aromatic rings. The molecule has 5 N–H and O–H groups in total. The van der Waals surface area contributed by atoms with E-state index < -0.39 is 59.9 Å². The molecule has 1 aliphatic rings. The highest BCUT2D eigenvalue weighted by Crippen LogP contribution is 2.40. The first-order valence-corrected chi connectivity index (χ1v) is 10.3. The number of pyridine rings is 1. The summed E-state index contributed by atoms with van der Waals surface area (Å²) in [4.78, 5) is 15.2. The lowest BCUT2D eigenvalue weighted by Gasteiger charge is -2.41. The Kier molecular flexibility index (Phi) is 6.19. The predicted molar refractivity (Wildman–Crippen MR) is 116 cm³/mol. The number of hydrogen-bond donors (Lipinski definition) is 5. The molecule has 1 fully saturated rings. The summed E-state index contributed by atoms with van der Waals surface area (Å²) in [7, 11) is 0. The van der Waals surface area contributed by atoms with Gasteiger partial charge in [-0.15, -0.1) is 0 Å². The average Bonchev–Trinajstić information content (AvgIpc) is 2.78. The van der Waals surface area contributed by atoms with E-state index in [0.29, 0.717) is 5.69 Å². The second-order valence-electron chi connectivity index (χ2n) is 8.04. The number of halogens is 3. The first kappa shape index (κ1) is 23.2. The van der Waals surface area contributed by atoms with Crippen molar-refractivity contribution < 1.29 is 33.2 Å². The van der Waals surface area contributed by atoms with Crippen LogP contribution in [-0.4, -0.2) is 57.4 Å². The number of benzene rings is 2. The van der Waals surface area contributed by atoms with Gasteiger partial charge in [-0.25, -0.2) is 0 Å². The fourth-order valence-corrected chi connectivity index (χ4v) is 4.26. The Hall–Kier alpha value is -2.92. The Morgan fingerprint density at radius 3 is 2.42 bits per heavy atom. The third kappa shape index (κ3) is 4.34. The van der Waals surface area contributed by atoms with Crippen molar-refractivity contribution in [1.29, 1.82) is 0 Å². The molecule has 5 atom stereocenters. The van der Waals surface area contributed by atoms with Crippen molar-refractivity contribution in [2.75, 3.05) is 11.9 Å². The van der Waals surface area contributed by atoms with Crippen LogP contribution in [0.3, 0.4) is 0 Å². The first-order valence-electron chi connectivity index (χ1n) is 10.3. The van der Waals surface area contributed by atoms with Crippen LogP contribution in [0.25, 0.3) is 22.0 Å². The number of nitrogens with one attached hydrogen (secondary N) is 2. The van der Waals surface area contributed by atoms with E-state index in [0.717, 1.165) is 0 Å². The van der Waals surface area contributed by atoms with Gasteiger partial charge in [0.15, 0.2) is 0 Å². The van der Waals surface area contributed by atoms with E-state index in [4.69, 9.17) is 4.74 Å². The van der Waals surface area contributed by atoms with Gasteiger partial charge in [-0.05, 0) is 24.6 Å². The normalized spacial score (nSPS) is 25.8. The summed E-state index contributed by atoms with van der Waals surface area (Å²) in [5.41, 5.74) is -1.95. The molecule has 1 aliphatic heterocycles. The highest BCUT2D eigenvalue weighted by Gasteiger charge is 2.42. The third-order valence-corrected chi connectivity index (χ3v) is 5.87. The molecule has 1 saturated heterocycles. The van der Waals surface area contributed by atoms with Gasteiger partial charge in [0.1, 0.15) is 18.3 Å². The van der Waals surface area contributed by atoms with E-state index >= 15 is 0 Å². The van der Waals surface area contributed by atoms with Gasteiger partial charge in [0.2, 0.25) is 0 Å². The van der Waals surface area contributed by atoms with E-state index in [-0.39, 0.29) is 16.5 Å². The summed E-state index contributed by atoms with van der Waals surface area (Å²) in [6.45, 7) is 1.16. The average molecular weight is 464 g/mol. The SMILES string of the molecule is CC1OC(CO)C(O)C(O)C1Nc1ccc2c(C(F)(F)F)c(-c3ccccc3)c(=O)[nH]c2c1. The Morgan fingerprint density at radius 2 is 1.79 bits per heavy atom. The van der Waals surface area contributed by atoms with Gasteiger partial charge in [0.05, 0.1) is 35.4 Å². The number of aliphatic hydroxyl groups is 3. The Morgan fingerprint density at radius 1 is 1.09 bits per heavy atom. The van der Waals surface area contributed by atoms with Crippen LogP contribution < -0.4 is 10.9 Å². The number of aliphatic hydroxyl groups excluding tert-OH is 3. The monoisotopic (exact) mass is 464 g/mol. The van der Waals surface area contributed by atoms with E-state index in [9.17, 15) is 33.3 Å². The Balaban J connectivity index is 1.77. The number of hydrogen-bond acceptors (Lipinski definition) is 6. The molecule has 1 aromatic heterocycles. The zero-order valence-electron chi connectivity index (χ0n) is 17.5. The molecule has 0 saturated carbocycles. The summed E-state index contributed by atoms with van der Waals surface area (Å²) in [5, 5.41) is 32.6. The lowest BCUT2D eigenvalue weighted by molar-refractivity contribution is -0.180. The number of aromatic nitrogens is 1. The van der Waals surface area contributed by atoms with Crippen LogP contribution in [-0.2, 0) is 10.9 Å². The molecule has 0 radical (unpaired) electrons. The molecular formula is C23H23F3N2O5. The number of anilines is 1. The zero-order chi connectivity index (χ0) is 23.9. The largest absolute Gasteiger partial charge is 0.417 e. The first-order chi connectivity index (χ1) is 15.6. The minimum atomic E-state index is -4.78. The van der Waals surface area contributed by atoms with Gasteiger partial charge < -0.3 is 30.4 Å². The van der Waals surface area contributed by atoms with Gasteiger partial charge in [-0.2, -0.15) is 13.2 Å². The number of alkyl halides is 3. The lowest BCUT2D eigenvalue weighted by atomic mass is 9.93. The summed E-state index contributed by atoms with van der Waals surface area (Å²) in [6, 6.07) is 10.8. The second-order valence-corrected chi connectivity index (χ2v) is 8.04. The molecule has 10 heteroatoms. The topological polar surface area (TPSA) is 115 Å². The highest BCUT2D eigenvalue weighted by atomic mass is 19.4. The van der Waals surface area contributed by atoms with Crippen LogP contribution in [0.4, 0.5) is 18.9 Å². The Bertz CT molecular complexity index is 1200. The maximum Gasteiger partial charge on any atom is 0.417 e. The minimum absolute atomic E-state index is 0.0374. The zero-order valence-corrected chi connectivity index (χ0v) is 17.5. The van der Waals surface area contributed by atoms with Crippen molar-refractivity contribution in [3.63, 3.8) is 0 Å². The van der Waals surface area contributed by atoms with Gasteiger partial charge in [0, 0.05) is 11.1 Å². The van der Waals surface area contributed by atoms with Crippen molar-refractivity contribution in [2.24, 2.45) is 0 Å². The molecule has 7 nitrogen and oxygen atoms in total. The van der Waals surface area contributed by atoms with Gasteiger partial charge in [0.25, 0.3) is 5.56 Å². The molecule has 0 amide bonds. The van der Waals surface area contributed by atoms with Crippen molar-refractivity contribution in [2.45, 2.75) is 43.6 Å². The predicted octanol–water partition coefficient (Wildman–Crippen LogP) is 2.50.